The van der Waals surface area contributed by atoms with Gasteiger partial charge in [-0.1, -0.05) is 17.8 Å². The van der Waals surface area contributed by atoms with Gasteiger partial charge in [-0.2, -0.15) is 0 Å². The van der Waals surface area contributed by atoms with Crippen molar-refractivity contribution < 1.29 is 61.6 Å². The number of unbranched alkanes of at least 4 members (excludes halogenated alkanes) is 1. The predicted octanol–water partition coefficient (Wildman–Crippen LogP) is 2.93. The summed E-state index contributed by atoms with van der Waals surface area (Å²) in [7, 11) is -3.85. The Morgan fingerprint density at radius 1 is 0.552 bits per heavy atom. The van der Waals surface area contributed by atoms with Gasteiger partial charge in [0, 0.05) is 57.3 Å². The van der Waals surface area contributed by atoms with E-state index in [1.807, 2.05) is 0 Å². The minimum Gasteiger partial charge on any atom is -0.379 e. The molecule has 1 unspecified atom stereocenters. The molecule has 4 N–H and O–H groups in total. The number of amides is 3. The summed E-state index contributed by atoms with van der Waals surface area (Å²) in [4.78, 5) is 62.8. The maximum Gasteiger partial charge on any atom is 0.333 e. The van der Waals surface area contributed by atoms with Crippen LogP contribution in [0.25, 0.3) is 0 Å². The number of ketones is 1. The molecule has 0 spiro atoms. The van der Waals surface area contributed by atoms with Gasteiger partial charge >= 0.3 is 7.60 Å². The number of nitrogens with one attached hydrogen (secondary N) is 3. The Morgan fingerprint density at radius 3 is 1.47 bits per heavy atom. The second-order valence-electron chi connectivity index (χ2n) is 14.3. The number of rotatable bonds is 38. The first-order valence-electron chi connectivity index (χ1n) is 19.8. The van der Waals surface area contributed by atoms with Crippen LogP contribution in [-0.2, 0) is 56.7 Å². The van der Waals surface area contributed by atoms with E-state index in [1.54, 1.807) is 20.8 Å². The Kier molecular flexibility index (Phi) is 32.5. The number of carbonyl (C=O) groups excluding carboxylic acids is 4. The summed E-state index contributed by atoms with van der Waals surface area (Å²) in [5.74, 6) is 6.11. The zero-order chi connectivity index (χ0) is 43.4. The first-order valence-corrected chi connectivity index (χ1v) is 21.4. The number of ether oxygens (including phenoxy) is 6. The minimum absolute atomic E-state index is 0.00102. The minimum atomic E-state index is -3.85. The number of carbonyl (C=O) groups is 4. The molecule has 17 heteroatoms. The normalized spacial score (nSPS) is 12.4. The topological polar surface area (TPSA) is 206 Å². The van der Waals surface area contributed by atoms with Crippen LogP contribution in [0.2, 0.25) is 0 Å². The predicted molar refractivity (Wildman–Crippen MR) is 220 cm³/mol. The Labute approximate surface area is 346 Å². The lowest BCUT2D eigenvalue weighted by Gasteiger charge is -2.35. The Balaban J connectivity index is 5.67. The van der Waals surface area contributed by atoms with Crippen molar-refractivity contribution in [2.45, 2.75) is 102 Å². The van der Waals surface area contributed by atoms with Gasteiger partial charge < -0.3 is 53.8 Å². The van der Waals surface area contributed by atoms with Crippen molar-refractivity contribution in [3.8, 4) is 37.0 Å². The molecule has 1 atom stereocenters. The lowest BCUT2D eigenvalue weighted by molar-refractivity contribution is -0.127. The van der Waals surface area contributed by atoms with Crippen LogP contribution < -0.4 is 16.0 Å². The van der Waals surface area contributed by atoms with Crippen molar-refractivity contribution >= 4 is 31.1 Å². The van der Waals surface area contributed by atoms with Crippen LogP contribution in [0, 0.1) is 37.0 Å². The molecular formula is C41H68N3O13P. The zero-order valence-electron chi connectivity index (χ0n) is 34.9. The third-order valence-electron chi connectivity index (χ3n) is 8.41. The first-order chi connectivity index (χ1) is 27.7. The summed E-state index contributed by atoms with van der Waals surface area (Å²) in [6, 6.07) is 0. The van der Waals surface area contributed by atoms with Gasteiger partial charge in [-0.25, -0.2) is 0 Å². The van der Waals surface area contributed by atoms with Crippen LogP contribution in [0.15, 0.2) is 0 Å². The van der Waals surface area contributed by atoms with Gasteiger partial charge in [0.1, 0.15) is 25.6 Å². The first kappa shape index (κ1) is 54.7. The Bertz CT molecular complexity index is 1220. The van der Waals surface area contributed by atoms with E-state index in [4.69, 9.17) is 52.2 Å². The quantitative estimate of drug-likeness (QED) is 0.0402. The van der Waals surface area contributed by atoms with Crippen LogP contribution in [0.1, 0.15) is 91.4 Å². The second-order valence-corrected chi connectivity index (χ2v) is 16.9. The summed E-state index contributed by atoms with van der Waals surface area (Å²) in [6.07, 6.45) is 17.5. The van der Waals surface area contributed by atoms with E-state index in [-0.39, 0.29) is 128 Å². The summed E-state index contributed by atoms with van der Waals surface area (Å²) < 4.78 is 49.6. The standard InChI is InChI=1S/C41H68N3O13P/c1-7-23-51-30-33-54-26-12-13-36(45)15-18-41(19-16-37(46)42-21-28-55-34-31-52-24-8-2,20-17-38(47)43-22-29-56-35-32-53-25-9-3)44-39(48)14-10-11-27-57-58(49,50)40(4,5)6/h1-3H,10-35H2,4-6H3,(H,42,46)(H,43,47)(H,44,48)(H,49,50). The van der Waals surface area contributed by atoms with E-state index in [9.17, 15) is 28.6 Å². The molecule has 0 saturated heterocycles. The molecule has 0 aromatic carbocycles. The summed E-state index contributed by atoms with van der Waals surface area (Å²) in [5.41, 5.74) is -1.09. The molecule has 0 saturated carbocycles. The molecule has 16 nitrogen and oxygen atoms in total. The van der Waals surface area contributed by atoms with Gasteiger partial charge in [0.05, 0.1) is 64.6 Å². The lowest BCUT2D eigenvalue weighted by atomic mass is 9.82. The maximum absolute atomic E-state index is 13.5. The van der Waals surface area contributed by atoms with Crippen molar-refractivity contribution in [3.63, 3.8) is 0 Å². The van der Waals surface area contributed by atoms with Gasteiger partial charge in [0.15, 0.2) is 0 Å². The number of terminal acetylenes is 3. The van der Waals surface area contributed by atoms with E-state index in [2.05, 4.69) is 33.7 Å². The van der Waals surface area contributed by atoms with E-state index < -0.39 is 18.3 Å². The molecule has 0 aliphatic rings. The van der Waals surface area contributed by atoms with Crippen LogP contribution >= 0.6 is 7.60 Å². The monoisotopic (exact) mass is 841 g/mol. The van der Waals surface area contributed by atoms with Crippen LogP contribution in [0.5, 0.6) is 0 Å². The van der Waals surface area contributed by atoms with Crippen molar-refractivity contribution in [2.75, 3.05) is 99.0 Å². The molecule has 3 amide bonds. The van der Waals surface area contributed by atoms with E-state index >= 15 is 0 Å². The molecule has 330 valence electrons. The molecule has 0 aromatic heterocycles. The van der Waals surface area contributed by atoms with Crippen molar-refractivity contribution in [1.82, 2.24) is 16.0 Å². The zero-order valence-corrected chi connectivity index (χ0v) is 35.8. The molecule has 0 bridgehead atoms. The molecule has 0 rings (SSSR count). The third kappa shape index (κ3) is 30.7. The second kappa shape index (κ2) is 34.5. The fourth-order valence-corrected chi connectivity index (χ4v) is 5.79. The third-order valence-corrected chi connectivity index (χ3v) is 10.6. The van der Waals surface area contributed by atoms with Crippen LogP contribution in [0.4, 0.5) is 0 Å². The van der Waals surface area contributed by atoms with Crippen molar-refractivity contribution in [3.05, 3.63) is 0 Å². The lowest BCUT2D eigenvalue weighted by Crippen LogP contribution is -2.50. The smallest absolute Gasteiger partial charge is 0.333 e. The molecular weight excluding hydrogens is 773 g/mol. The van der Waals surface area contributed by atoms with Gasteiger partial charge in [0.2, 0.25) is 17.7 Å². The van der Waals surface area contributed by atoms with Gasteiger partial charge in [-0.3, -0.25) is 23.7 Å². The Morgan fingerprint density at radius 2 is 1.00 bits per heavy atom. The highest BCUT2D eigenvalue weighted by molar-refractivity contribution is 7.54. The van der Waals surface area contributed by atoms with Crippen LogP contribution in [-0.4, -0.2) is 138 Å². The highest BCUT2D eigenvalue weighted by Crippen LogP contribution is 2.54. The van der Waals surface area contributed by atoms with E-state index in [0.29, 0.717) is 65.5 Å². The number of hydrogen-bond acceptors (Lipinski definition) is 12. The van der Waals surface area contributed by atoms with E-state index in [1.165, 1.54) is 0 Å². The van der Waals surface area contributed by atoms with E-state index in [0.717, 1.165) is 0 Å². The SMILES string of the molecule is C#CCOCCOCCCC(=O)CCC(CCC(=O)NCCOCCOCC#C)(CCC(=O)NCCOCCOCC#C)NC(=O)CCCCOP(=O)(O)C(C)(C)C. The summed E-state index contributed by atoms with van der Waals surface area (Å²) in [6.45, 7) is 8.66. The number of Topliss-reactive ketones (excluding diaryl/α,β-unsaturated/α-hetero) is 1. The maximum atomic E-state index is 13.5. The average molecular weight is 842 g/mol. The molecule has 0 fully saturated rings. The van der Waals surface area contributed by atoms with Crippen molar-refractivity contribution in [2.24, 2.45) is 0 Å². The fraction of sp³-hybridized carbons (Fsp3) is 0.756. The molecule has 0 heterocycles. The van der Waals surface area contributed by atoms with Gasteiger partial charge in [-0.15, -0.1) is 19.3 Å². The fourth-order valence-electron chi connectivity index (χ4n) is 5.03. The highest BCUT2D eigenvalue weighted by Gasteiger charge is 2.36. The molecule has 58 heavy (non-hydrogen) atoms. The van der Waals surface area contributed by atoms with Gasteiger partial charge in [-0.05, 0) is 59.3 Å². The number of hydrogen-bond donors (Lipinski definition) is 4. The van der Waals surface area contributed by atoms with Gasteiger partial charge in [0.25, 0.3) is 0 Å². The summed E-state index contributed by atoms with van der Waals surface area (Å²) >= 11 is 0. The molecule has 0 aliphatic carbocycles. The largest absolute Gasteiger partial charge is 0.379 e. The van der Waals surface area contributed by atoms with Crippen molar-refractivity contribution in [1.29, 1.82) is 0 Å². The molecule has 0 aromatic rings. The molecule has 0 radical (unpaired) electrons. The Hall–Kier alpha value is -3.33. The summed E-state index contributed by atoms with van der Waals surface area (Å²) in [5, 5.41) is 7.74. The average Bonchev–Trinajstić information content (AvgIpc) is 3.17. The molecule has 0 aliphatic heterocycles. The van der Waals surface area contributed by atoms with Crippen LogP contribution in [0.3, 0.4) is 0 Å². The highest BCUT2D eigenvalue weighted by atomic mass is 31.2.